The summed E-state index contributed by atoms with van der Waals surface area (Å²) in [6, 6.07) is 4.64. The maximum atomic E-state index is 5.43. The lowest BCUT2D eigenvalue weighted by Gasteiger charge is -2.07. The summed E-state index contributed by atoms with van der Waals surface area (Å²) in [4.78, 5) is 0. The molecule has 78 valence electrons. The first-order valence-corrected chi connectivity index (χ1v) is 5.80. The topological polar surface area (TPSA) is 27.1 Å². The van der Waals surface area contributed by atoms with Gasteiger partial charge in [-0.1, -0.05) is 0 Å². The highest BCUT2D eigenvalue weighted by atomic mass is 79.9. The Labute approximate surface area is 96.2 Å². The van der Waals surface area contributed by atoms with Gasteiger partial charge in [-0.15, -0.1) is 0 Å². The Bertz CT molecular complexity index is 517. The monoisotopic (exact) mass is 266 g/mol. The van der Waals surface area contributed by atoms with Gasteiger partial charge in [0.15, 0.2) is 5.75 Å². The Morgan fingerprint density at radius 3 is 2.93 bits per heavy atom. The van der Waals surface area contributed by atoms with Crippen LogP contribution in [0.2, 0.25) is 0 Å². The van der Waals surface area contributed by atoms with Crippen molar-refractivity contribution in [3.8, 4) is 5.75 Å². The molecule has 0 aliphatic heterocycles. The number of fused-ring (bicyclic) bond motifs is 1. The van der Waals surface area contributed by atoms with Gasteiger partial charge >= 0.3 is 0 Å². The van der Waals surface area contributed by atoms with Gasteiger partial charge in [-0.3, -0.25) is 4.68 Å². The second-order valence-electron chi connectivity index (χ2n) is 3.84. The summed E-state index contributed by atoms with van der Waals surface area (Å²) < 4.78 is 8.50. The molecular formula is C11H11BrN2O. The predicted octanol–water partition coefficient (Wildman–Crippen LogP) is 3.14. The van der Waals surface area contributed by atoms with Crippen LogP contribution in [0.15, 0.2) is 22.8 Å². The summed E-state index contributed by atoms with van der Waals surface area (Å²) >= 11 is 3.50. The van der Waals surface area contributed by atoms with E-state index in [1.807, 2.05) is 12.3 Å². The molecule has 0 radical (unpaired) electrons. The van der Waals surface area contributed by atoms with Crippen molar-refractivity contribution in [3.05, 3.63) is 22.8 Å². The molecule has 0 amide bonds. The Kier molecular flexibility index (Phi) is 1.99. The summed E-state index contributed by atoms with van der Waals surface area (Å²) in [5.41, 5.74) is 1.11. The number of halogens is 1. The molecule has 1 aromatic heterocycles. The van der Waals surface area contributed by atoms with Crippen LogP contribution >= 0.6 is 15.9 Å². The molecule has 1 heterocycles. The molecule has 0 unspecified atom stereocenters. The van der Waals surface area contributed by atoms with Gasteiger partial charge in [0, 0.05) is 5.39 Å². The molecule has 1 aliphatic rings. The fraction of sp³-hybridized carbons (Fsp3) is 0.364. The average Bonchev–Trinajstić information content (AvgIpc) is 2.99. The van der Waals surface area contributed by atoms with E-state index in [0.717, 1.165) is 21.1 Å². The maximum Gasteiger partial charge on any atom is 0.158 e. The third-order valence-corrected chi connectivity index (χ3v) is 3.39. The minimum atomic E-state index is 0.575. The Morgan fingerprint density at radius 2 is 2.27 bits per heavy atom. The molecule has 0 spiro atoms. The van der Waals surface area contributed by atoms with Crippen molar-refractivity contribution < 1.29 is 4.74 Å². The zero-order valence-corrected chi connectivity index (χ0v) is 9.99. The van der Waals surface area contributed by atoms with Gasteiger partial charge in [0.2, 0.25) is 0 Å². The van der Waals surface area contributed by atoms with Crippen LogP contribution in [0.4, 0.5) is 0 Å². The summed E-state index contributed by atoms with van der Waals surface area (Å²) in [7, 11) is 1.70. The van der Waals surface area contributed by atoms with Crippen LogP contribution in [0.3, 0.4) is 0 Å². The van der Waals surface area contributed by atoms with E-state index in [0.29, 0.717) is 6.04 Å². The molecule has 0 atom stereocenters. The van der Waals surface area contributed by atoms with E-state index < -0.39 is 0 Å². The molecule has 1 fully saturated rings. The molecule has 3 rings (SSSR count). The predicted molar refractivity (Wildman–Crippen MR) is 62.3 cm³/mol. The number of rotatable bonds is 2. The molecule has 15 heavy (non-hydrogen) atoms. The fourth-order valence-electron chi connectivity index (χ4n) is 1.87. The van der Waals surface area contributed by atoms with Crippen molar-refractivity contribution in [1.29, 1.82) is 0 Å². The van der Waals surface area contributed by atoms with Crippen molar-refractivity contribution in [1.82, 2.24) is 9.78 Å². The second-order valence-corrected chi connectivity index (χ2v) is 4.69. The Balaban J connectivity index is 2.33. The quantitative estimate of drug-likeness (QED) is 0.835. The third-order valence-electron chi connectivity index (χ3n) is 2.76. The first-order chi connectivity index (χ1) is 7.31. The van der Waals surface area contributed by atoms with Gasteiger partial charge in [-0.25, -0.2) is 0 Å². The molecule has 1 saturated carbocycles. The smallest absolute Gasteiger partial charge is 0.158 e. The van der Waals surface area contributed by atoms with Crippen LogP contribution in [0.1, 0.15) is 18.9 Å². The lowest BCUT2D eigenvalue weighted by molar-refractivity contribution is 0.413. The van der Waals surface area contributed by atoms with Crippen molar-refractivity contribution in [2.45, 2.75) is 18.9 Å². The Morgan fingerprint density at radius 1 is 1.47 bits per heavy atom. The van der Waals surface area contributed by atoms with Crippen LogP contribution in [0.5, 0.6) is 5.75 Å². The van der Waals surface area contributed by atoms with Crippen LogP contribution in [0, 0.1) is 0 Å². The summed E-state index contributed by atoms with van der Waals surface area (Å²) in [6.45, 7) is 0. The highest BCUT2D eigenvalue weighted by molar-refractivity contribution is 9.10. The maximum absolute atomic E-state index is 5.43. The van der Waals surface area contributed by atoms with Gasteiger partial charge in [-0.05, 0) is 40.9 Å². The van der Waals surface area contributed by atoms with E-state index in [-0.39, 0.29) is 0 Å². The van der Waals surface area contributed by atoms with E-state index in [9.17, 15) is 0 Å². The van der Waals surface area contributed by atoms with E-state index in [4.69, 9.17) is 4.74 Å². The van der Waals surface area contributed by atoms with Crippen LogP contribution < -0.4 is 4.74 Å². The first-order valence-electron chi connectivity index (χ1n) is 5.01. The number of aromatic nitrogens is 2. The largest absolute Gasteiger partial charge is 0.493 e. The van der Waals surface area contributed by atoms with Crippen molar-refractivity contribution in [2.24, 2.45) is 0 Å². The second kappa shape index (κ2) is 3.23. The average molecular weight is 267 g/mol. The number of methoxy groups -OCH3 is 1. The van der Waals surface area contributed by atoms with Gasteiger partial charge < -0.3 is 4.74 Å². The molecule has 2 aromatic rings. The molecule has 4 heteroatoms. The first kappa shape index (κ1) is 9.21. The van der Waals surface area contributed by atoms with Crippen LogP contribution in [0.25, 0.3) is 10.9 Å². The minimum absolute atomic E-state index is 0.575. The SMILES string of the molecule is COc1c(Br)ccc2cnn(C3CC3)c12. The van der Waals surface area contributed by atoms with Gasteiger partial charge in [0.1, 0.15) is 5.52 Å². The van der Waals surface area contributed by atoms with Gasteiger partial charge in [0.25, 0.3) is 0 Å². The summed E-state index contributed by atoms with van der Waals surface area (Å²) in [5.74, 6) is 0.886. The molecule has 0 N–H and O–H groups in total. The van der Waals surface area contributed by atoms with Crippen LogP contribution in [-0.2, 0) is 0 Å². The summed E-state index contributed by atoms with van der Waals surface area (Å²) in [5, 5.41) is 5.56. The molecular weight excluding hydrogens is 256 g/mol. The van der Waals surface area contributed by atoms with E-state index >= 15 is 0 Å². The van der Waals surface area contributed by atoms with Gasteiger partial charge in [0.05, 0.1) is 23.8 Å². The molecule has 0 saturated heterocycles. The standard InChI is InChI=1S/C11H11BrN2O/c1-15-11-9(12)5-2-7-6-13-14(10(7)11)8-3-4-8/h2,5-6,8H,3-4H2,1H3. The van der Waals surface area contributed by atoms with Crippen molar-refractivity contribution >= 4 is 26.8 Å². The molecule has 1 aliphatic carbocycles. The fourth-order valence-corrected chi connectivity index (χ4v) is 2.36. The lowest BCUT2D eigenvalue weighted by Crippen LogP contribution is -1.97. The van der Waals surface area contributed by atoms with E-state index in [1.165, 1.54) is 12.8 Å². The number of hydrogen-bond donors (Lipinski definition) is 0. The summed E-state index contributed by atoms with van der Waals surface area (Å²) in [6.07, 6.45) is 4.36. The normalized spacial score (nSPS) is 15.9. The molecule has 3 nitrogen and oxygen atoms in total. The van der Waals surface area contributed by atoms with Gasteiger partial charge in [-0.2, -0.15) is 5.10 Å². The third kappa shape index (κ3) is 1.35. The highest BCUT2D eigenvalue weighted by Gasteiger charge is 2.27. The Hall–Kier alpha value is -1.03. The minimum Gasteiger partial charge on any atom is -0.493 e. The molecule has 0 bridgehead atoms. The zero-order chi connectivity index (χ0) is 10.4. The lowest BCUT2D eigenvalue weighted by atomic mass is 10.2. The van der Waals surface area contributed by atoms with Crippen molar-refractivity contribution in [2.75, 3.05) is 7.11 Å². The number of benzene rings is 1. The van der Waals surface area contributed by atoms with E-state index in [1.54, 1.807) is 7.11 Å². The number of ether oxygens (including phenoxy) is 1. The highest BCUT2D eigenvalue weighted by Crippen LogP contribution is 2.41. The number of nitrogens with zero attached hydrogens (tertiary/aromatic N) is 2. The number of hydrogen-bond acceptors (Lipinski definition) is 2. The zero-order valence-electron chi connectivity index (χ0n) is 8.40. The van der Waals surface area contributed by atoms with Crippen LogP contribution in [-0.4, -0.2) is 16.9 Å². The van der Waals surface area contributed by atoms with E-state index in [2.05, 4.69) is 31.8 Å². The van der Waals surface area contributed by atoms with Crippen molar-refractivity contribution in [3.63, 3.8) is 0 Å². The molecule has 1 aromatic carbocycles.